The van der Waals surface area contributed by atoms with E-state index in [1.54, 1.807) is 67.6 Å². The van der Waals surface area contributed by atoms with Gasteiger partial charge in [-0.25, -0.2) is 9.98 Å². The Hall–Kier alpha value is -3.88. The van der Waals surface area contributed by atoms with Crippen LogP contribution in [-0.4, -0.2) is 40.6 Å². The highest BCUT2D eigenvalue weighted by Gasteiger charge is 2.66. The molecule has 33 heavy (non-hydrogen) atoms. The highest BCUT2D eigenvalue weighted by Crippen LogP contribution is 2.41. The van der Waals surface area contributed by atoms with Gasteiger partial charge in [0, 0.05) is 11.8 Å². The SMILES string of the molecule is COc1ccc(CN2C(=O)C(Nc3cc(C)ccn3)(C(F)(F)F)N=C2c2ccccc2)cc1. The number of halogens is 3. The molecule has 1 unspecified atom stereocenters. The van der Waals surface area contributed by atoms with Crippen LogP contribution < -0.4 is 10.1 Å². The minimum atomic E-state index is -5.02. The van der Waals surface area contributed by atoms with Crippen molar-refractivity contribution in [3.05, 3.63) is 89.6 Å². The number of amides is 1. The number of amidine groups is 1. The molecule has 2 aromatic carbocycles. The first-order valence-electron chi connectivity index (χ1n) is 10.1. The molecule has 2 heterocycles. The number of carbonyl (C=O) groups excluding carboxylic acids is 1. The number of rotatable bonds is 6. The molecule has 1 N–H and O–H groups in total. The number of aryl methyl sites for hydroxylation is 1. The molecule has 1 aromatic heterocycles. The van der Waals surface area contributed by atoms with E-state index in [-0.39, 0.29) is 18.2 Å². The van der Waals surface area contributed by atoms with E-state index in [1.807, 2.05) is 0 Å². The molecule has 3 aromatic rings. The number of aliphatic imine (C=N–C) groups is 1. The summed E-state index contributed by atoms with van der Waals surface area (Å²) in [5, 5.41) is 2.28. The van der Waals surface area contributed by atoms with E-state index in [2.05, 4.69) is 15.3 Å². The van der Waals surface area contributed by atoms with Crippen molar-refractivity contribution >= 4 is 17.6 Å². The van der Waals surface area contributed by atoms with Crippen LogP contribution in [0.5, 0.6) is 5.75 Å². The van der Waals surface area contributed by atoms with Crippen LogP contribution in [0.1, 0.15) is 16.7 Å². The van der Waals surface area contributed by atoms with Crippen LogP contribution in [0.15, 0.2) is 77.9 Å². The van der Waals surface area contributed by atoms with Gasteiger partial charge in [0.2, 0.25) is 0 Å². The summed E-state index contributed by atoms with van der Waals surface area (Å²) in [6.45, 7) is 1.62. The second-order valence-corrected chi connectivity index (χ2v) is 7.59. The standard InChI is InChI=1S/C24H21F3N4O2/c1-16-12-13-28-20(14-16)29-23(24(25,26)27)22(32)31(15-17-8-10-19(33-2)11-9-17)21(30-23)18-6-4-3-5-7-18/h3-14H,15H2,1-2H3,(H,28,29). The molecule has 170 valence electrons. The smallest absolute Gasteiger partial charge is 0.442 e. The molecule has 0 radical (unpaired) electrons. The van der Waals surface area contributed by atoms with Gasteiger partial charge in [0.05, 0.1) is 13.7 Å². The molecular formula is C24H21F3N4O2. The fourth-order valence-electron chi connectivity index (χ4n) is 3.55. The van der Waals surface area contributed by atoms with Gasteiger partial charge in [-0.15, -0.1) is 0 Å². The second-order valence-electron chi connectivity index (χ2n) is 7.59. The summed E-state index contributed by atoms with van der Waals surface area (Å²) in [5.74, 6) is -0.801. The van der Waals surface area contributed by atoms with E-state index in [9.17, 15) is 18.0 Å². The molecule has 0 fully saturated rings. The van der Waals surface area contributed by atoms with Gasteiger partial charge in [-0.3, -0.25) is 9.69 Å². The number of ether oxygens (including phenoxy) is 1. The summed E-state index contributed by atoms with van der Waals surface area (Å²) in [5.41, 5.74) is -1.49. The van der Waals surface area contributed by atoms with Crippen molar-refractivity contribution < 1.29 is 22.7 Å². The van der Waals surface area contributed by atoms with Crippen LogP contribution in [0.2, 0.25) is 0 Å². The number of methoxy groups -OCH3 is 1. The average Bonchev–Trinajstić information content (AvgIpc) is 3.07. The Morgan fingerprint density at radius 3 is 2.36 bits per heavy atom. The zero-order chi connectivity index (χ0) is 23.6. The Morgan fingerprint density at radius 2 is 1.76 bits per heavy atom. The molecule has 0 spiro atoms. The molecule has 0 aliphatic carbocycles. The van der Waals surface area contributed by atoms with Crippen molar-refractivity contribution in [2.45, 2.75) is 25.3 Å². The van der Waals surface area contributed by atoms with Gasteiger partial charge in [0.15, 0.2) is 0 Å². The van der Waals surface area contributed by atoms with Crippen LogP contribution >= 0.6 is 0 Å². The first-order chi connectivity index (χ1) is 15.7. The maximum atomic E-state index is 14.5. The molecule has 1 aliphatic heterocycles. The first kappa shape index (κ1) is 22.3. The van der Waals surface area contributed by atoms with Crippen LogP contribution in [0.3, 0.4) is 0 Å². The third kappa shape index (κ3) is 4.26. The summed E-state index contributed by atoms with van der Waals surface area (Å²) in [6.07, 6.45) is -3.65. The lowest BCUT2D eigenvalue weighted by Gasteiger charge is -2.29. The number of anilines is 1. The predicted molar refractivity (Wildman–Crippen MR) is 118 cm³/mol. The third-order valence-electron chi connectivity index (χ3n) is 5.25. The van der Waals surface area contributed by atoms with E-state index in [4.69, 9.17) is 4.74 Å². The summed E-state index contributed by atoms with van der Waals surface area (Å²) in [7, 11) is 1.52. The van der Waals surface area contributed by atoms with Crippen LogP contribution in [-0.2, 0) is 11.3 Å². The minimum Gasteiger partial charge on any atom is -0.497 e. The highest BCUT2D eigenvalue weighted by molar-refractivity contribution is 6.16. The second kappa shape index (κ2) is 8.57. The maximum Gasteiger partial charge on any atom is 0.442 e. The maximum absolute atomic E-state index is 14.5. The van der Waals surface area contributed by atoms with Crippen LogP contribution in [0, 0.1) is 6.92 Å². The first-order valence-corrected chi connectivity index (χ1v) is 10.1. The van der Waals surface area contributed by atoms with E-state index < -0.39 is 17.7 Å². The van der Waals surface area contributed by atoms with E-state index >= 15 is 0 Å². The molecule has 1 atom stereocenters. The Labute approximate surface area is 188 Å². The van der Waals surface area contributed by atoms with E-state index in [0.29, 0.717) is 22.4 Å². The van der Waals surface area contributed by atoms with Gasteiger partial charge >= 0.3 is 11.8 Å². The Morgan fingerprint density at radius 1 is 1.06 bits per heavy atom. The summed E-state index contributed by atoms with van der Waals surface area (Å²) in [4.78, 5) is 22.4. The number of nitrogens with zero attached hydrogens (tertiary/aromatic N) is 3. The van der Waals surface area contributed by atoms with Gasteiger partial charge in [-0.05, 0) is 42.3 Å². The number of nitrogens with one attached hydrogen (secondary N) is 1. The molecule has 0 bridgehead atoms. The van der Waals surface area contributed by atoms with E-state index in [0.717, 1.165) is 4.90 Å². The fraction of sp³-hybridized carbons (Fsp3) is 0.208. The Kier molecular flexibility index (Phi) is 5.80. The van der Waals surface area contributed by atoms with Gasteiger partial charge in [0.25, 0.3) is 5.91 Å². The van der Waals surface area contributed by atoms with Crippen molar-refractivity contribution in [3.63, 3.8) is 0 Å². The molecule has 1 aliphatic rings. The fourth-order valence-corrected chi connectivity index (χ4v) is 3.55. The molecule has 0 saturated carbocycles. The molecule has 0 saturated heterocycles. The zero-order valence-corrected chi connectivity index (χ0v) is 17.9. The van der Waals surface area contributed by atoms with Gasteiger partial charge in [0.1, 0.15) is 17.4 Å². The molecule has 1 amide bonds. The summed E-state index contributed by atoms with van der Waals surface area (Å²) >= 11 is 0. The topological polar surface area (TPSA) is 66.8 Å². The number of pyridine rings is 1. The van der Waals surface area contributed by atoms with Crippen molar-refractivity contribution in [2.24, 2.45) is 4.99 Å². The number of aromatic nitrogens is 1. The van der Waals surface area contributed by atoms with Crippen LogP contribution in [0.4, 0.5) is 19.0 Å². The normalized spacial score (nSPS) is 18.3. The lowest BCUT2D eigenvalue weighted by molar-refractivity contribution is -0.185. The zero-order valence-electron chi connectivity index (χ0n) is 17.9. The molecular weight excluding hydrogens is 433 g/mol. The molecule has 6 nitrogen and oxygen atoms in total. The average molecular weight is 454 g/mol. The monoisotopic (exact) mass is 454 g/mol. The quantitative estimate of drug-likeness (QED) is 0.593. The highest BCUT2D eigenvalue weighted by atomic mass is 19.4. The van der Waals surface area contributed by atoms with Crippen molar-refractivity contribution in [2.75, 3.05) is 12.4 Å². The minimum absolute atomic E-state index is 0.0751. The molecule has 9 heteroatoms. The molecule has 4 rings (SSSR count). The van der Waals surface area contributed by atoms with Gasteiger partial charge < -0.3 is 10.1 Å². The Bertz CT molecular complexity index is 1180. The predicted octanol–water partition coefficient (Wildman–Crippen LogP) is 4.56. The van der Waals surface area contributed by atoms with Crippen molar-refractivity contribution in [3.8, 4) is 5.75 Å². The summed E-state index contributed by atoms with van der Waals surface area (Å²) < 4.78 is 48.6. The number of hydrogen-bond donors (Lipinski definition) is 1. The number of alkyl halides is 3. The lowest BCUT2D eigenvalue weighted by Crippen LogP contribution is -2.57. The van der Waals surface area contributed by atoms with E-state index in [1.165, 1.54) is 19.4 Å². The lowest BCUT2D eigenvalue weighted by atomic mass is 10.1. The number of carbonyl (C=O) groups is 1. The Balaban J connectivity index is 1.81. The van der Waals surface area contributed by atoms with Crippen molar-refractivity contribution in [1.29, 1.82) is 0 Å². The van der Waals surface area contributed by atoms with Gasteiger partial charge in [-0.1, -0.05) is 42.5 Å². The third-order valence-corrected chi connectivity index (χ3v) is 5.25. The summed E-state index contributed by atoms with van der Waals surface area (Å²) in [6, 6.07) is 18.2. The largest absolute Gasteiger partial charge is 0.497 e. The van der Waals surface area contributed by atoms with Crippen molar-refractivity contribution in [1.82, 2.24) is 9.88 Å². The van der Waals surface area contributed by atoms with Crippen LogP contribution in [0.25, 0.3) is 0 Å². The van der Waals surface area contributed by atoms with Gasteiger partial charge in [-0.2, -0.15) is 13.2 Å². The number of benzene rings is 2. The number of hydrogen-bond acceptors (Lipinski definition) is 5.